The third-order valence-electron chi connectivity index (χ3n) is 10.1. The lowest BCUT2D eigenvalue weighted by Gasteiger charge is -2.36. The molecule has 0 unspecified atom stereocenters. The van der Waals surface area contributed by atoms with Gasteiger partial charge in [0.2, 0.25) is 0 Å². The molecule has 0 spiro atoms. The molecule has 1 aliphatic carbocycles. The Bertz CT molecular complexity index is 1350. The molecule has 0 fully saturated rings. The van der Waals surface area contributed by atoms with Crippen molar-refractivity contribution in [3.63, 3.8) is 0 Å². The number of carbonyl (C=O) groups is 1. The highest BCUT2D eigenvalue weighted by molar-refractivity contribution is 6.74. The van der Waals surface area contributed by atoms with Crippen LogP contribution in [0.4, 0.5) is 4.79 Å². The van der Waals surface area contributed by atoms with Crippen molar-refractivity contribution in [1.29, 1.82) is 0 Å². The van der Waals surface area contributed by atoms with Crippen LogP contribution in [0.2, 0.25) is 18.1 Å². The minimum atomic E-state index is -1.71. The summed E-state index contributed by atoms with van der Waals surface area (Å²) in [6.45, 7) is 23.3. The average Bonchev–Trinajstić information content (AvgIpc) is 3.57. The fourth-order valence-electron chi connectivity index (χ4n) is 5.75. The van der Waals surface area contributed by atoms with Gasteiger partial charge in [-0.1, -0.05) is 69.3 Å². The second-order valence-electron chi connectivity index (χ2n) is 15.6. The van der Waals surface area contributed by atoms with Crippen LogP contribution in [0.1, 0.15) is 37.8 Å². The molecule has 0 saturated carbocycles. The van der Waals surface area contributed by atoms with Crippen LogP contribution in [-0.2, 0) is 61.3 Å². The van der Waals surface area contributed by atoms with Crippen molar-refractivity contribution in [3.8, 4) is 11.1 Å². The molecule has 0 bridgehead atoms. The van der Waals surface area contributed by atoms with Crippen LogP contribution in [-0.4, -0.2) is 180 Å². The van der Waals surface area contributed by atoms with E-state index >= 15 is 0 Å². The van der Waals surface area contributed by atoms with Crippen molar-refractivity contribution in [2.45, 2.75) is 44.8 Å². The second-order valence-corrected chi connectivity index (χ2v) is 20.4. The van der Waals surface area contributed by atoms with Crippen LogP contribution in [0.3, 0.4) is 0 Å². The van der Waals surface area contributed by atoms with E-state index in [1.54, 1.807) is 0 Å². The lowest BCUT2D eigenvalue weighted by Crippen LogP contribution is -2.41. The zero-order chi connectivity index (χ0) is 43.7. The molecule has 0 aromatic heterocycles. The molecule has 1 aliphatic rings. The summed E-state index contributed by atoms with van der Waals surface area (Å²) >= 11 is 0. The summed E-state index contributed by atoms with van der Waals surface area (Å²) in [4.78, 5) is 12.3. The van der Waals surface area contributed by atoms with Crippen LogP contribution in [0.5, 0.6) is 0 Å². The van der Waals surface area contributed by atoms with Crippen molar-refractivity contribution in [3.05, 3.63) is 59.7 Å². The van der Waals surface area contributed by atoms with Crippen LogP contribution in [0.25, 0.3) is 11.1 Å². The van der Waals surface area contributed by atoms with Crippen molar-refractivity contribution in [2.24, 2.45) is 0 Å². The number of fused-ring (bicyclic) bond motifs is 3. The van der Waals surface area contributed by atoms with Crippen LogP contribution < -0.4 is 5.32 Å². The Morgan fingerprint density at radius 3 is 1.10 bits per heavy atom. The second kappa shape index (κ2) is 33.0. The van der Waals surface area contributed by atoms with Gasteiger partial charge in [-0.05, 0) is 40.4 Å². The van der Waals surface area contributed by atoms with Crippen LogP contribution in [0, 0.1) is 0 Å². The van der Waals surface area contributed by atoms with Crippen molar-refractivity contribution < 1.29 is 66.1 Å². The first-order chi connectivity index (χ1) is 29.7. The smallest absolute Gasteiger partial charge is 0.407 e. The summed E-state index contributed by atoms with van der Waals surface area (Å²) in [5, 5.41) is 2.96. The summed E-state index contributed by atoms with van der Waals surface area (Å²) in [6.07, 6.45) is -0.453. The van der Waals surface area contributed by atoms with E-state index in [4.69, 9.17) is 61.3 Å². The molecule has 0 aliphatic heterocycles. The molecule has 3 rings (SSSR count). The Morgan fingerprint density at radius 1 is 0.475 bits per heavy atom. The molecule has 2 aromatic rings. The average molecular weight is 882 g/mol. The molecular weight excluding hydrogens is 807 g/mol. The number of alkyl carbamates (subject to hydrolysis) is 1. The fourth-order valence-corrected chi connectivity index (χ4v) is 6.77. The van der Waals surface area contributed by atoms with Gasteiger partial charge in [0.15, 0.2) is 8.32 Å². The minimum absolute atomic E-state index is 0.0351. The number of hydrogen-bond donors (Lipinski definition) is 1. The topological polar surface area (TPSA) is 149 Å². The van der Waals surface area contributed by atoms with Gasteiger partial charge in [0.05, 0.1) is 152 Å². The maximum atomic E-state index is 12.3. The summed E-state index contributed by atoms with van der Waals surface area (Å²) < 4.78 is 72.5. The third-order valence-corrected chi connectivity index (χ3v) is 14.6. The van der Waals surface area contributed by atoms with Crippen LogP contribution in [0.15, 0.2) is 48.5 Å². The quantitative estimate of drug-likeness (QED) is 0.0644. The Morgan fingerprint density at radius 2 is 0.770 bits per heavy atom. The van der Waals surface area contributed by atoms with E-state index < -0.39 is 14.4 Å². The van der Waals surface area contributed by atoms with Crippen molar-refractivity contribution in [1.82, 2.24) is 5.32 Å². The summed E-state index contributed by atoms with van der Waals surface area (Å²) in [7, 11) is -1.71. The predicted octanol–water partition coefficient (Wildman–Crippen LogP) is 5.73. The molecule has 0 saturated heterocycles. The van der Waals surface area contributed by atoms with Gasteiger partial charge in [0.25, 0.3) is 0 Å². The normalized spacial score (nSPS) is 12.8. The summed E-state index contributed by atoms with van der Waals surface area (Å²) in [6, 6.07) is 16.5. The van der Waals surface area contributed by atoms with Gasteiger partial charge in [-0.3, -0.25) is 0 Å². The molecule has 61 heavy (non-hydrogen) atoms. The molecule has 16 heteroatoms. The maximum Gasteiger partial charge on any atom is 0.407 e. The van der Waals surface area contributed by atoms with Gasteiger partial charge < -0.3 is 66.6 Å². The molecule has 15 nitrogen and oxygen atoms in total. The highest BCUT2D eigenvalue weighted by Gasteiger charge is 2.37. The lowest BCUT2D eigenvalue weighted by atomic mass is 9.98. The molecule has 1 amide bonds. The first kappa shape index (κ1) is 52.8. The number of nitrogens with one attached hydrogen (secondary N) is 1. The Balaban J connectivity index is 0.929. The Kier molecular flexibility index (Phi) is 28.6. The van der Waals surface area contributed by atoms with Gasteiger partial charge in [-0.2, -0.15) is 0 Å². The first-order valence-electron chi connectivity index (χ1n) is 21.8. The van der Waals surface area contributed by atoms with E-state index in [1.165, 1.54) is 22.3 Å². The number of ether oxygens (including phenoxy) is 12. The molecule has 1 N–H and O–H groups in total. The molecular formula is C45H75NO14Si. The number of hydrogen-bond acceptors (Lipinski definition) is 14. The number of amides is 1. The zero-order valence-corrected chi connectivity index (χ0v) is 38.6. The molecule has 0 heterocycles. The summed E-state index contributed by atoms with van der Waals surface area (Å²) in [5.41, 5.74) is 4.77. The van der Waals surface area contributed by atoms with Crippen LogP contribution >= 0.6 is 0 Å². The fraction of sp³-hybridized carbons (Fsp3) is 0.711. The van der Waals surface area contributed by atoms with Crippen molar-refractivity contribution in [2.75, 3.05) is 165 Å². The summed E-state index contributed by atoms with van der Waals surface area (Å²) in [5.74, 6) is 0.0351. The van der Waals surface area contributed by atoms with E-state index in [0.29, 0.717) is 159 Å². The van der Waals surface area contributed by atoms with E-state index in [9.17, 15) is 4.79 Å². The van der Waals surface area contributed by atoms with Gasteiger partial charge in [0, 0.05) is 12.5 Å². The largest absolute Gasteiger partial charge is 0.449 e. The Labute approximate surface area is 365 Å². The van der Waals surface area contributed by atoms with Gasteiger partial charge in [0.1, 0.15) is 6.61 Å². The number of carbonyl (C=O) groups excluding carboxylic acids is 1. The van der Waals surface area contributed by atoms with Gasteiger partial charge >= 0.3 is 6.09 Å². The predicted molar refractivity (Wildman–Crippen MR) is 235 cm³/mol. The standard InChI is InChI=1S/C45H75NO14Si/c1-45(2,3)61(4,5)60-37-36-58-35-34-57-33-32-56-31-30-55-29-28-54-27-26-53-25-24-52-23-22-51-21-20-50-19-18-49-17-16-48-15-14-46-44(47)59-38-43-41-12-8-6-10-39(41)40-11-7-9-13-42(40)43/h6-13,43H,14-38H2,1-5H3,(H,46,47). The van der Waals surface area contributed by atoms with E-state index in [1.807, 2.05) is 24.3 Å². The minimum Gasteiger partial charge on any atom is -0.449 e. The highest BCUT2D eigenvalue weighted by atomic mass is 28.4. The van der Waals surface area contributed by atoms with Crippen molar-refractivity contribution >= 4 is 14.4 Å². The molecule has 0 radical (unpaired) electrons. The highest BCUT2D eigenvalue weighted by Crippen LogP contribution is 2.44. The van der Waals surface area contributed by atoms with E-state index in [0.717, 1.165) is 0 Å². The molecule has 2 aromatic carbocycles. The molecule has 0 atom stereocenters. The van der Waals surface area contributed by atoms with Gasteiger partial charge in [-0.15, -0.1) is 0 Å². The maximum absolute atomic E-state index is 12.3. The Hall–Kier alpha value is -2.55. The monoisotopic (exact) mass is 881 g/mol. The number of rotatable bonds is 39. The number of benzene rings is 2. The lowest BCUT2D eigenvalue weighted by molar-refractivity contribution is -0.0277. The van der Waals surface area contributed by atoms with Gasteiger partial charge in [-0.25, -0.2) is 4.79 Å². The van der Waals surface area contributed by atoms with E-state index in [2.05, 4.69) is 63.4 Å². The SMILES string of the molecule is CC(C)(C)[Si](C)(C)OCCOCCOCCOCCOCCOCCOCCOCCOCCOCCOCCOCCNC(=O)OCC1c2ccccc2-c2ccccc21. The zero-order valence-electron chi connectivity index (χ0n) is 37.6. The molecule has 348 valence electrons. The van der Waals surface area contributed by atoms with E-state index in [-0.39, 0.29) is 17.6 Å². The first-order valence-corrected chi connectivity index (χ1v) is 24.7. The third kappa shape index (κ3) is 23.6.